The van der Waals surface area contributed by atoms with E-state index in [-0.39, 0.29) is 5.97 Å². The Bertz CT molecular complexity index is 435. The molecule has 4 heteroatoms. The van der Waals surface area contributed by atoms with E-state index in [2.05, 4.69) is 37.8 Å². The van der Waals surface area contributed by atoms with Crippen LogP contribution in [0.2, 0.25) is 19.6 Å². The highest BCUT2D eigenvalue weighted by atomic mass is 32.2. The molecule has 0 amide bonds. The lowest BCUT2D eigenvalue weighted by atomic mass is 10.2. The lowest BCUT2D eigenvalue weighted by Gasteiger charge is -2.20. The first kappa shape index (κ1) is 16.1. The molecule has 1 aromatic carbocycles. The Morgan fingerprint density at radius 2 is 1.89 bits per heavy atom. The fraction of sp³-hybridized carbons (Fsp3) is 0.400. The van der Waals surface area contributed by atoms with Crippen molar-refractivity contribution >= 4 is 31.9 Å². The maximum atomic E-state index is 11.5. The molecule has 0 unspecified atom stereocenters. The third-order valence-corrected chi connectivity index (χ3v) is 7.19. The molecule has 0 fully saturated rings. The van der Waals surface area contributed by atoms with Crippen molar-refractivity contribution in [3.63, 3.8) is 0 Å². The predicted octanol–water partition coefficient (Wildman–Crippen LogP) is 4.20. The number of ether oxygens (including phenoxy) is 1. The van der Waals surface area contributed by atoms with Crippen LogP contribution in [0.25, 0.3) is 6.08 Å². The molecule has 0 saturated carbocycles. The van der Waals surface area contributed by atoms with Crippen molar-refractivity contribution in [1.29, 1.82) is 0 Å². The summed E-state index contributed by atoms with van der Waals surface area (Å²) < 4.78 is 6.31. The largest absolute Gasteiger partial charge is 0.465 e. The highest BCUT2D eigenvalue weighted by Crippen LogP contribution is 2.29. The third kappa shape index (κ3) is 6.12. The van der Waals surface area contributed by atoms with Gasteiger partial charge in [-0.15, -0.1) is 11.8 Å². The fourth-order valence-electron chi connectivity index (χ4n) is 1.51. The first-order chi connectivity index (χ1) is 8.93. The normalized spacial score (nSPS) is 12.3. The zero-order valence-electron chi connectivity index (χ0n) is 12.1. The summed E-state index contributed by atoms with van der Waals surface area (Å²) in [5, 5.41) is 0. The number of esters is 1. The maximum Gasteiger partial charge on any atom is 0.316 e. The number of carbonyl (C=O) groups excluding carboxylic acids is 1. The molecule has 1 aromatic rings. The molecule has 0 saturated heterocycles. The Morgan fingerprint density at radius 1 is 1.26 bits per heavy atom. The molecule has 0 spiro atoms. The molecule has 104 valence electrons. The Kier molecular flexibility index (Phi) is 6.38. The van der Waals surface area contributed by atoms with E-state index in [0.717, 1.165) is 0 Å². The van der Waals surface area contributed by atoms with Crippen LogP contribution < -0.4 is 0 Å². The van der Waals surface area contributed by atoms with Gasteiger partial charge in [0.05, 0.1) is 20.4 Å². The van der Waals surface area contributed by atoms with Crippen molar-refractivity contribution < 1.29 is 9.53 Å². The van der Waals surface area contributed by atoms with Gasteiger partial charge in [0.1, 0.15) is 0 Å². The molecule has 1 rings (SSSR count). The van der Waals surface area contributed by atoms with Gasteiger partial charge in [-0.3, -0.25) is 4.79 Å². The van der Waals surface area contributed by atoms with E-state index in [0.29, 0.717) is 12.4 Å². The van der Waals surface area contributed by atoms with Crippen LogP contribution in [0.4, 0.5) is 0 Å². The number of carbonyl (C=O) groups is 1. The smallest absolute Gasteiger partial charge is 0.316 e. The van der Waals surface area contributed by atoms with Crippen LogP contribution >= 0.6 is 11.8 Å². The molecule has 0 aliphatic rings. The van der Waals surface area contributed by atoms with Crippen LogP contribution in [0.5, 0.6) is 0 Å². The number of rotatable bonds is 6. The highest BCUT2D eigenvalue weighted by Gasteiger charge is 2.21. The minimum absolute atomic E-state index is 0.135. The minimum Gasteiger partial charge on any atom is -0.465 e. The van der Waals surface area contributed by atoms with Gasteiger partial charge in [-0.05, 0) is 23.1 Å². The summed E-state index contributed by atoms with van der Waals surface area (Å²) in [5.74, 6) is 0.265. The van der Waals surface area contributed by atoms with Gasteiger partial charge in [0.2, 0.25) is 0 Å². The lowest BCUT2D eigenvalue weighted by molar-refractivity contribution is -0.139. The second-order valence-electron chi connectivity index (χ2n) is 5.26. The van der Waals surface area contributed by atoms with E-state index in [4.69, 9.17) is 4.74 Å². The molecular weight excluding hydrogens is 272 g/mol. The monoisotopic (exact) mass is 294 g/mol. The van der Waals surface area contributed by atoms with Gasteiger partial charge in [-0.25, -0.2) is 0 Å². The zero-order valence-corrected chi connectivity index (χ0v) is 13.9. The predicted molar refractivity (Wildman–Crippen MR) is 86.9 cm³/mol. The van der Waals surface area contributed by atoms with Gasteiger partial charge < -0.3 is 4.74 Å². The summed E-state index contributed by atoms with van der Waals surface area (Å²) >= 11 is 1.62. The molecule has 0 aliphatic carbocycles. The van der Waals surface area contributed by atoms with Crippen LogP contribution in [0.1, 0.15) is 12.5 Å². The topological polar surface area (TPSA) is 26.3 Å². The van der Waals surface area contributed by atoms with Crippen molar-refractivity contribution in [1.82, 2.24) is 0 Å². The fourth-order valence-corrected chi connectivity index (χ4v) is 4.64. The molecule has 0 aromatic heterocycles. The zero-order chi connectivity index (χ0) is 14.3. The van der Waals surface area contributed by atoms with Crippen molar-refractivity contribution in [3.05, 3.63) is 40.4 Å². The van der Waals surface area contributed by atoms with E-state index < -0.39 is 8.07 Å². The summed E-state index contributed by atoms with van der Waals surface area (Å²) in [4.78, 5) is 11.5. The van der Waals surface area contributed by atoms with Gasteiger partial charge in [-0.1, -0.05) is 50.0 Å². The molecule has 0 radical (unpaired) electrons. The van der Waals surface area contributed by atoms with Crippen LogP contribution in [0.3, 0.4) is 0 Å². The summed E-state index contributed by atoms with van der Waals surface area (Å²) in [5.41, 5.74) is 1.19. The second-order valence-corrected chi connectivity index (χ2v) is 11.7. The second kappa shape index (κ2) is 7.55. The minimum atomic E-state index is -1.44. The van der Waals surface area contributed by atoms with E-state index in [9.17, 15) is 4.79 Å². The number of hydrogen-bond donors (Lipinski definition) is 0. The van der Waals surface area contributed by atoms with Gasteiger partial charge in [-0.2, -0.15) is 0 Å². The molecule has 19 heavy (non-hydrogen) atoms. The van der Waals surface area contributed by atoms with Crippen molar-refractivity contribution in [2.45, 2.75) is 26.6 Å². The number of benzene rings is 1. The average Bonchev–Trinajstić information content (AvgIpc) is 2.34. The Hall–Kier alpha value is -1.00. The summed E-state index contributed by atoms with van der Waals surface area (Å²) in [6.07, 6.45) is 2.20. The first-order valence-corrected chi connectivity index (χ1v) is 11.0. The van der Waals surface area contributed by atoms with Crippen LogP contribution in [-0.4, -0.2) is 26.4 Å². The van der Waals surface area contributed by atoms with E-state index in [1.165, 1.54) is 10.1 Å². The molecule has 0 N–H and O–H groups in total. The molecule has 0 heterocycles. The third-order valence-electron chi connectivity index (χ3n) is 2.49. The van der Waals surface area contributed by atoms with E-state index in [1.54, 1.807) is 11.8 Å². The quantitative estimate of drug-likeness (QED) is 0.581. The molecule has 0 bridgehead atoms. The molecule has 0 atom stereocenters. The van der Waals surface area contributed by atoms with E-state index in [1.807, 2.05) is 25.1 Å². The van der Waals surface area contributed by atoms with Gasteiger partial charge in [0.25, 0.3) is 0 Å². The highest BCUT2D eigenvalue weighted by molar-refractivity contribution is 8.06. The molecule has 2 nitrogen and oxygen atoms in total. The van der Waals surface area contributed by atoms with Crippen LogP contribution in [0, 0.1) is 0 Å². The Labute approximate surface area is 121 Å². The average molecular weight is 294 g/mol. The van der Waals surface area contributed by atoms with Crippen molar-refractivity contribution in [2.75, 3.05) is 12.4 Å². The summed E-state index contributed by atoms with van der Waals surface area (Å²) in [6, 6.07) is 10.3. The van der Waals surface area contributed by atoms with Gasteiger partial charge >= 0.3 is 5.97 Å². The Balaban J connectivity index is 2.79. The standard InChI is InChI=1S/C15H22O2SSi/c1-5-17-14(16)12-18-15(19(2,3)4)11-13-9-7-6-8-10-13/h6-11H,5,12H2,1-4H3/b15-11+. The lowest BCUT2D eigenvalue weighted by Crippen LogP contribution is -2.23. The van der Waals surface area contributed by atoms with Gasteiger partial charge in [0, 0.05) is 0 Å². The van der Waals surface area contributed by atoms with Crippen LogP contribution in [0.15, 0.2) is 34.9 Å². The Morgan fingerprint density at radius 3 is 2.42 bits per heavy atom. The SMILES string of the molecule is CCOC(=O)CS/C(=C\c1ccccc1)[Si](C)(C)C. The number of thioether (sulfide) groups is 1. The first-order valence-electron chi connectivity index (χ1n) is 6.49. The summed E-state index contributed by atoms with van der Waals surface area (Å²) in [6.45, 7) is 9.16. The number of hydrogen-bond acceptors (Lipinski definition) is 3. The van der Waals surface area contributed by atoms with Crippen molar-refractivity contribution in [3.8, 4) is 0 Å². The maximum absolute atomic E-state index is 11.5. The van der Waals surface area contributed by atoms with Gasteiger partial charge in [0.15, 0.2) is 0 Å². The van der Waals surface area contributed by atoms with Crippen molar-refractivity contribution in [2.24, 2.45) is 0 Å². The molecule has 0 aliphatic heterocycles. The van der Waals surface area contributed by atoms with E-state index >= 15 is 0 Å². The van der Waals surface area contributed by atoms with Crippen LogP contribution in [-0.2, 0) is 9.53 Å². The summed E-state index contributed by atoms with van der Waals surface area (Å²) in [7, 11) is -1.44. The molecular formula is C15H22O2SSi.